The monoisotopic (exact) mass is 287 g/mol. The van der Waals surface area contributed by atoms with Crippen molar-refractivity contribution in [1.82, 2.24) is 5.32 Å². The third kappa shape index (κ3) is 5.85. The molecule has 1 atom stereocenters. The maximum atomic E-state index is 12.1. The summed E-state index contributed by atoms with van der Waals surface area (Å²) in [4.78, 5) is 22.9. The van der Waals surface area contributed by atoms with Crippen molar-refractivity contribution in [3.63, 3.8) is 0 Å². The summed E-state index contributed by atoms with van der Waals surface area (Å²) < 4.78 is 0. The number of rotatable bonds is 7. The number of nitrogens with one attached hydrogen (secondary N) is 1. The molecule has 4 nitrogen and oxygen atoms in total. The van der Waals surface area contributed by atoms with Crippen molar-refractivity contribution in [2.24, 2.45) is 11.8 Å². The molecule has 0 saturated heterocycles. The summed E-state index contributed by atoms with van der Waals surface area (Å²) in [6.45, 7) is 4.17. The van der Waals surface area contributed by atoms with Gasteiger partial charge in [-0.3, -0.25) is 9.59 Å². The number of carbonyl (C=O) groups excluding carboxylic acids is 1. The molecule has 1 amide bonds. The zero-order chi connectivity index (χ0) is 14.3. The van der Waals surface area contributed by atoms with Crippen LogP contribution >= 0.6 is 11.8 Å². The second-order valence-corrected chi connectivity index (χ2v) is 6.68. The Labute approximate surface area is 119 Å². The van der Waals surface area contributed by atoms with Gasteiger partial charge in [0, 0.05) is 12.0 Å². The summed E-state index contributed by atoms with van der Waals surface area (Å²) >= 11 is 1.89. The Kier molecular flexibility index (Phi) is 7.28. The number of hydrogen-bond acceptors (Lipinski definition) is 3. The van der Waals surface area contributed by atoms with Crippen molar-refractivity contribution < 1.29 is 14.7 Å². The minimum absolute atomic E-state index is 0.0110. The van der Waals surface area contributed by atoms with E-state index in [1.54, 1.807) is 0 Å². The molecule has 0 aromatic heterocycles. The number of aliphatic carboxylic acids is 1. The van der Waals surface area contributed by atoms with E-state index in [9.17, 15) is 9.59 Å². The lowest BCUT2D eigenvalue weighted by Gasteiger charge is -2.26. The highest BCUT2D eigenvalue weighted by molar-refractivity contribution is 7.99. The van der Waals surface area contributed by atoms with Gasteiger partial charge in [0.1, 0.15) is 0 Å². The van der Waals surface area contributed by atoms with Gasteiger partial charge in [0.25, 0.3) is 0 Å². The highest BCUT2D eigenvalue weighted by Gasteiger charge is 2.29. The molecule has 19 heavy (non-hydrogen) atoms. The fraction of sp³-hybridized carbons (Fsp3) is 0.857. The molecule has 1 aliphatic rings. The predicted octanol–water partition coefficient (Wildman–Crippen LogP) is 2.53. The van der Waals surface area contributed by atoms with Crippen LogP contribution in [0.5, 0.6) is 0 Å². The Morgan fingerprint density at radius 2 is 1.84 bits per heavy atom. The molecular formula is C14H25NO3S. The summed E-state index contributed by atoms with van der Waals surface area (Å²) in [6, 6.07) is 0.212. The Bertz CT molecular complexity index is 301. The molecule has 1 unspecified atom stereocenters. The first kappa shape index (κ1) is 16.3. The van der Waals surface area contributed by atoms with Gasteiger partial charge in [0.05, 0.1) is 5.92 Å². The van der Waals surface area contributed by atoms with E-state index in [0.29, 0.717) is 25.7 Å². The lowest BCUT2D eigenvalue weighted by Crippen LogP contribution is -2.39. The molecule has 0 bridgehead atoms. The zero-order valence-electron chi connectivity index (χ0n) is 11.9. The first-order valence-corrected chi connectivity index (χ1v) is 8.31. The van der Waals surface area contributed by atoms with Crippen LogP contribution in [0.15, 0.2) is 0 Å². The molecular weight excluding hydrogens is 262 g/mol. The Balaban J connectivity index is 2.25. The number of carboxylic acid groups (broad SMARTS) is 1. The molecule has 1 aliphatic carbocycles. The van der Waals surface area contributed by atoms with Gasteiger partial charge >= 0.3 is 5.97 Å². The van der Waals surface area contributed by atoms with Gasteiger partial charge in [-0.05, 0) is 50.5 Å². The molecule has 5 heteroatoms. The highest BCUT2D eigenvalue weighted by Crippen LogP contribution is 2.29. The first-order chi connectivity index (χ1) is 9.04. The first-order valence-electron chi connectivity index (χ1n) is 7.15. The van der Waals surface area contributed by atoms with Crippen LogP contribution in [0, 0.1) is 11.8 Å². The number of hydrogen-bond donors (Lipinski definition) is 2. The molecule has 1 fully saturated rings. The maximum absolute atomic E-state index is 12.1. The third-order valence-corrected chi connectivity index (χ3v) is 4.67. The van der Waals surface area contributed by atoms with E-state index >= 15 is 0 Å². The minimum atomic E-state index is -0.719. The van der Waals surface area contributed by atoms with Gasteiger partial charge in [-0.15, -0.1) is 0 Å². The predicted molar refractivity (Wildman–Crippen MR) is 78.3 cm³/mol. The van der Waals surface area contributed by atoms with Crippen molar-refractivity contribution in [3.05, 3.63) is 0 Å². The van der Waals surface area contributed by atoms with Crippen LogP contribution in [0.1, 0.15) is 46.0 Å². The Morgan fingerprint density at radius 3 is 2.37 bits per heavy atom. The summed E-state index contributed by atoms with van der Waals surface area (Å²) in [5.41, 5.74) is 0. The van der Waals surface area contributed by atoms with Gasteiger partial charge < -0.3 is 10.4 Å². The van der Waals surface area contributed by atoms with Crippen molar-refractivity contribution >= 4 is 23.6 Å². The van der Waals surface area contributed by atoms with E-state index in [1.165, 1.54) is 0 Å². The fourth-order valence-corrected chi connectivity index (χ4v) is 3.25. The largest absolute Gasteiger partial charge is 0.481 e. The van der Waals surface area contributed by atoms with Crippen LogP contribution in [-0.2, 0) is 9.59 Å². The Hall–Kier alpha value is -0.710. The van der Waals surface area contributed by atoms with Crippen LogP contribution in [0.3, 0.4) is 0 Å². The van der Waals surface area contributed by atoms with Gasteiger partial charge in [0.2, 0.25) is 5.91 Å². The zero-order valence-corrected chi connectivity index (χ0v) is 12.7. The molecule has 110 valence electrons. The van der Waals surface area contributed by atoms with E-state index in [4.69, 9.17) is 5.11 Å². The topological polar surface area (TPSA) is 66.4 Å². The minimum Gasteiger partial charge on any atom is -0.481 e. The quantitative estimate of drug-likeness (QED) is 0.706. The summed E-state index contributed by atoms with van der Waals surface area (Å²) in [7, 11) is 0. The number of thioether (sulfide) groups is 1. The van der Waals surface area contributed by atoms with Crippen LogP contribution in [0.25, 0.3) is 0 Å². The third-order valence-electron chi connectivity index (χ3n) is 3.74. The molecule has 0 aromatic carbocycles. The van der Waals surface area contributed by atoms with E-state index in [1.807, 2.05) is 18.7 Å². The lowest BCUT2D eigenvalue weighted by molar-refractivity contribution is -0.144. The molecule has 0 aromatic rings. The molecule has 0 aliphatic heterocycles. The average molecular weight is 287 g/mol. The summed E-state index contributed by atoms with van der Waals surface area (Å²) in [5, 5.41) is 12.0. The number of carbonyl (C=O) groups is 2. The molecule has 0 heterocycles. The van der Waals surface area contributed by atoms with Gasteiger partial charge in [-0.1, -0.05) is 6.92 Å². The van der Waals surface area contributed by atoms with Crippen LogP contribution in [0.4, 0.5) is 0 Å². The normalized spacial score (nSPS) is 24.7. The average Bonchev–Trinajstić information content (AvgIpc) is 2.39. The van der Waals surface area contributed by atoms with Crippen LogP contribution < -0.4 is 5.32 Å². The van der Waals surface area contributed by atoms with E-state index < -0.39 is 5.97 Å². The van der Waals surface area contributed by atoms with E-state index in [2.05, 4.69) is 12.2 Å². The lowest BCUT2D eigenvalue weighted by atomic mass is 9.81. The number of amides is 1. The van der Waals surface area contributed by atoms with Crippen LogP contribution in [-0.4, -0.2) is 34.5 Å². The van der Waals surface area contributed by atoms with E-state index in [-0.39, 0.29) is 23.8 Å². The summed E-state index contributed by atoms with van der Waals surface area (Å²) in [5.74, 6) is 1.34. The Morgan fingerprint density at radius 1 is 1.26 bits per heavy atom. The van der Waals surface area contributed by atoms with Crippen molar-refractivity contribution in [3.8, 4) is 0 Å². The van der Waals surface area contributed by atoms with Gasteiger partial charge in [0.15, 0.2) is 0 Å². The SMILES string of the molecule is CCSCCC(C)NC(=O)C1CCC(C(=O)O)CC1. The van der Waals surface area contributed by atoms with Crippen molar-refractivity contribution in [2.45, 2.75) is 52.0 Å². The van der Waals surface area contributed by atoms with Crippen molar-refractivity contribution in [1.29, 1.82) is 0 Å². The standard InChI is InChI=1S/C14H25NO3S/c1-3-19-9-8-10(2)15-13(16)11-4-6-12(7-5-11)14(17)18/h10-12H,3-9H2,1-2H3,(H,15,16)(H,17,18). The number of carboxylic acids is 1. The fourth-order valence-electron chi connectivity index (χ4n) is 2.44. The molecule has 2 N–H and O–H groups in total. The van der Waals surface area contributed by atoms with E-state index in [0.717, 1.165) is 17.9 Å². The molecule has 1 rings (SSSR count). The van der Waals surface area contributed by atoms with Crippen LogP contribution in [0.2, 0.25) is 0 Å². The van der Waals surface area contributed by atoms with Gasteiger partial charge in [-0.2, -0.15) is 11.8 Å². The second kappa shape index (κ2) is 8.46. The maximum Gasteiger partial charge on any atom is 0.306 e. The van der Waals surface area contributed by atoms with Gasteiger partial charge in [-0.25, -0.2) is 0 Å². The molecule has 0 spiro atoms. The smallest absolute Gasteiger partial charge is 0.306 e. The molecule has 0 radical (unpaired) electrons. The van der Waals surface area contributed by atoms with Crippen molar-refractivity contribution in [2.75, 3.05) is 11.5 Å². The highest BCUT2D eigenvalue weighted by atomic mass is 32.2. The molecule has 1 saturated carbocycles. The second-order valence-electron chi connectivity index (χ2n) is 5.28. The summed E-state index contributed by atoms with van der Waals surface area (Å²) in [6.07, 6.45) is 3.67.